The molecule has 0 aliphatic rings. The van der Waals surface area contributed by atoms with E-state index < -0.39 is 22.1 Å². The Bertz CT molecular complexity index is 334. The van der Waals surface area contributed by atoms with E-state index in [-0.39, 0.29) is 0 Å². The number of hydrogen-bond donors (Lipinski definition) is 2. The van der Waals surface area contributed by atoms with Crippen molar-refractivity contribution in [3.63, 3.8) is 0 Å². The van der Waals surface area contributed by atoms with E-state index in [2.05, 4.69) is 0 Å². The van der Waals surface area contributed by atoms with Crippen LogP contribution in [0.5, 0.6) is 11.5 Å². The van der Waals surface area contributed by atoms with Gasteiger partial charge in [0, 0.05) is 5.56 Å². The van der Waals surface area contributed by atoms with Gasteiger partial charge in [0.25, 0.3) is 0 Å². The first kappa shape index (κ1) is 8.32. The fourth-order valence-corrected chi connectivity index (χ4v) is 0.900. The van der Waals surface area contributed by atoms with E-state index in [9.17, 15) is 10.1 Å². The molecule has 0 amide bonds. The van der Waals surface area contributed by atoms with Crippen LogP contribution in [0, 0.1) is 17.0 Å². The molecular weight excluding hydrogens is 162 g/mol. The highest BCUT2D eigenvalue weighted by molar-refractivity contribution is 5.58. The van der Waals surface area contributed by atoms with Crippen LogP contribution in [-0.2, 0) is 0 Å². The summed E-state index contributed by atoms with van der Waals surface area (Å²) in [7, 11) is 0. The van der Waals surface area contributed by atoms with Gasteiger partial charge in [0.1, 0.15) is 0 Å². The van der Waals surface area contributed by atoms with Gasteiger partial charge in [-0.3, -0.25) is 10.1 Å². The first-order valence-corrected chi connectivity index (χ1v) is 3.20. The number of rotatable bonds is 1. The molecule has 64 valence electrons. The average Bonchev–Trinajstić information content (AvgIpc) is 1.97. The molecule has 0 unspecified atom stereocenters. The second kappa shape index (κ2) is 2.69. The summed E-state index contributed by atoms with van der Waals surface area (Å²) in [5.74, 6) is -1.16. The van der Waals surface area contributed by atoms with Crippen LogP contribution in [0.25, 0.3) is 0 Å². The van der Waals surface area contributed by atoms with Crippen LogP contribution in [0.4, 0.5) is 5.69 Å². The van der Waals surface area contributed by atoms with E-state index in [1.165, 1.54) is 19.1 Å². The fourth-order valence-electron chi connectivity index (χ4n) is 0.900. The highest BCUT2D eigenvalue weighted by Crippen LogP contribution is 2.36. The van der Waals surface area contributed by atoms with Gasteiger partial charge < -0.3 is 10.2 Å². The molecule has 0 aliphatic heterocycles. The Morgan fingerprint density at radius 1 is 1.42 bits per heavy atom. The molecule has 0 atom stereocenters. The second-order valence-corrected chi connectivity index (χ2v) is 2.36. The first-order valence-electron chi connectivity index (χ1n) is 3.20. The zero-order valence-electron chi connectivity index (χ0n) is 6.31. The van der Waals surface area contributed by atoms with Gasteiger partial charge >= 0.3 is 5.69 Å². The molecular formula is C7H7NO4. The highest BCUT2D eigenvalue weighted by Gasteiger charge is 2.19. The van der Waals surface area contributed by atoms with E-state index in [1.807, 2.05) is 0 Å². The predicted octanol–water partition coefficient (Wildman–Crippen LogP) is 1.31. The molecule has 5 heteroatoms. The SMILES string of the molecule is Cc1ccc(O)c(O)c1[N+](=O)[O-]. The molecule has 1 rings (SSSR count). The van der Waals surface area contributed by atoms with Gasteiger partial charge in [-0.2, -0.15) is 0 Å². The third kappa shape index (κ3) is 1.16. The lowest BCUT2D eigenvalue weighted by atomic mass is 10.2. The number of aryl methyl sites for hydroxylation is 1. The van der Waals surface area contributed by atoms with E-state index in [4.69, 9.17) is 10.2 Å². The molecule has 0 saturated carbocycles. The fraction of sp³-hybridized carbons (Fsp3) is 0.143. The molecule has 2 N–H and O–H groups in total. The molecule has 0 heterocycles. The van der Waals surface area contributed by atoms with Crippen LogP contribution < -0.4 is 0 Å². The molecule has 0 fully saturated rings. The molecule has 12 heavy (non-hydrogen) atoms. The van der Waals surface area contributed by atoms with Crippen LogP contribution >= 0.6 is 0 Å². The Morgan fingerprint density at radius 2 is 2.00 bits per heavy atom. The van der Waals surface area contributed by atoms with E-state index in [0.717, 1.165) is 0 Å². The van der Waals surface area contributed by atoms with Crippen molar-refractivity contribution in [2.45, 2.75) is 6.92 Å². The van der Waals surface area contributed by atoms with Crippen molar-refractivity contribution in [1.82, 2.24) is 0 Å². The zero-order valence-corrected chi connectivity index (χ0v) is 6.31. The number of phenolic OH excluding ortho intramolecular Hbond substituents is 2. The minimum absolute atomic E-state index is 0.315. The van der Waals surface area contributed by atoms with E-state index >= 15 is 0 Å². The van der Waals surface area contributed by atoms with Gasteiger partial charge in [-0.15, -0.1) is 0 Å². The first-order chi connectivity index (χ1) is 5.54. The summed E-state index contributed by atoms with van der Waals surface area (Å²) in [6.07, 6.45) is 0. The summed E-state index contributed by atoms with van der Waals surface area (Å²) >= 11 is 0. The maximum atomic E-state index is 10.3. The standard InChI is InChI=1S/C7H7NO4/c1-4-2-3-5(9)7(10)6(4)8(11)12/h2-3,9-10H,1H3. The van der Waals surface area contributed by atoms with Gasteiger partial charge in [0.05, 0.1) is 4.92 Å². The molecule has 0 aromatic heterocycles. The van der Waals surface area contributed by atoms with Gasteiger partial charge in [-0.1, -0.05) is 0 Å². The second-order valence-electron chi connectivity index (χ2n) is 2.36. The van der Waals surface area contributed by atoms with Crippen molar-refractivity contribution in [2.24, 2.45) is 0 Å². The molecule has 1 aromatic rings. The number of nitro groups is 1. The Hall–Kier alpha value is -1.78. The van der Waals surface area contributed by atoms with Gasteiger partial charge in [-0.05, 0) is 19.1 Å². The third-order valence-electron chi connectivity index (χ3n) is 1.51. The molecule has 0 spiro atoms. The number of aromatic hydroxyl groups is 2. The topological polar surface area (TPSA) is 83.6 Å². The normalized spacial score (nSPS) is 9.75. The van der Waals surface area contributed by atoms with E-state index in [1.54, 1.807) is 0 Å². The largest absolute Gasteiger partial charge is 0.504 e. The van der Waals surface area contributed by atoms with Crippen molar-refractivity contribution >= 4 is 5.69 Å². The average molecular weight is 169 g/mol. The molecule has 5 nitrogen and oxygen atoms in total. The molecule has 0 saturated heterocycles. The van der Waals surface area contributed by atoms with Crippen LogP contribution in [0.1, 0.15) is 5.56 Å². The summed E-state index contributed by atoms with van der Waals surface area (Å²) < 4.78 is 0. The summed E-state index contributed by atoms with van der Waals surface area (Å²) in [4.78, 5) is 9.60. The Morgan fingerprint density at radius 3 is 2.42 bits per heavy atom. The van der Waals surface area contributed by atoms with Crippen molar-refractivity contribution in [1.29, 1.82) is 0 Å². The Kier molecular flexibility index (Phi) is 1.86. The Labute approximate surface area is 68.0 Å². The summed E-state index contributed by atoms with van der Waals surface area (Å²) in [6, 6.07) is 2.57. The zero-order chi connectivity index (χ0) is 9.30. The summed E-state index contributed by atoms with van der Waals surface area (Å²) in [5, 5.41) is 28.3. The predicted molar refractivity (Wildman–Crippen MR) is 41.2 cm³/mol. The van der Waals surface area contributed by atoms with Crippen molar-refractivity contribution in [2.75, 3.05) is 0 Å². The lowest BCUT2D eigenvalue weighted by Gasteiger charge is -2.00. The van der Waals surface area contributed by atoms with Crippen LogP contribution in [-0.4, -0.2) is 15.1 Å². The summed E-state index contributed by atoms with van der Waals surface area (Å²) in [5.41, 5.74) is -0.134. The van der Waals surface area contributed by atoms with Gasteiger partial charge in [0.15, 0.2) is 5.75 Å². The molecule has 0 aliphatic carbocycles. The lowest BCUT2D eigenvalue weighted by Crippen LogP contribution is -1.91. The minimum atomic E-state index is -0.732. The number of nitrogens with zero attached hydrogens (tertiary/aromatic N) is 1. The number of phenols is 2. The third-order valence-corrected chi connectivity index (χ3v) is 1.51. The summed E-state index contributed by atoms with van der Waals surface area (Å²) in [6.45, 7) is 1.48. The quantitative estimate of drug-likeness (QED) is 0.377. The maximum Gasteiger partial charge on any atom is 0.317 e. The molecule has 0 radical (unpaired) electrons. The molecule has 0 bridgehead atoms. The molecule has 1 aromatic carbocycles. The van der Waals surface area contributed by atoms with Gasteiger partial charge in [0.2, 0.25) is 5.75 Å². The van der Waals surface area contributed by atoms with Crippen LogP contribution in [0.3, 0.4) is 0 Å². The Balaban J connectivity index is 3.43. The monoisotopic (exact) mass is 169 g/mol. The van der Waals surface area contributed by atoms with E-state index in [0.29, 0.717) is 5.56 Å². The van der Waals surface area contributed by atoms with Crippen molar-refractivity contribution in [3.05, 3.63) is 27.8 Å². The highest BCUT2D eigenvalue weighted by atomic mass is 16.6. The van der Waals surface area contributed by atoms with Crippen LogP contribution in [0.2, 0.25) is 0 Å². The lowest BCUT2D eigenvalue weighted by molar-refractivity contribution is -0.386. The number of hydrogen-bond acceptors (Lipinski definition) is 4. The van der Waals surface area contributed by atoms with Gasteiger partial charge in [-0.25, -0.2) is 0 Å². The minimum Gasteiger partial charge on any atom is -0.504 e. The number of benzene rings is 1. The smallest absolute Gasteiger partial charge is 0.317 e. The number of nitro benzene ring substituents is 1. The van der Waals surface area contributed by atoms with Crippen molar-refractivity contribution in [3.8, 4) is 11.5 Å². The van der Waals surface area contributed by atoms with Crippen LogP contribution in [0.15, 0.2) is 12.1 Å². The van der Waals surface area contributed by atoms with Crippen molar-refractivity contribution < 1.29 is 15.1 Å². The maximum absolute atomic E-state index is 10.3.